The number of hydrogen-bond acceptors (Lipinski definition) is 4. The normalized spacial score (nSPS) is 12.4. The Kier molecular flexibility index (Phi) is 5.59. The number of aromatic nitrogens is 3. The molecule has 0 aliphatic rings. The van der Waals surface area contributed by atoms with Crippen molar-refractivity contribution in [3.63, 3.8) is 0 Å². The number of amides is 1. The number of carbonyl (C=O) groups is 1. The standard InChI is InChI=1S/C15H19FN4O2S/c1-10(2)14-18-19-15(20(14)3)23(22)9-13(21)17-8-11-4-6-12(16)7-5-11/h4-7,10H,8-9H2,1-3H3,(H,17,21)/t23-/m0/s1. The van der Waals surface area contributed by atoms with Crippen molar-refractivity contribution < 1.29 is 13.4 Å². The molecule has 0 saturated heterocycles. The molecule has 1 aromatic carbocycles. The van der Waals surface area contributed by atoms with Gasteiger partial charge in [0.1, 0.15) is 28.2 Å². The topological polar surface area (TPSA) is 76.9 Å². The summed E-state index contributed by atoms with van der Waals surface area (Å²) in [6, 6.07) is 5.83. The van der Waals surface area contributed by atoms with Gasteiger partial charge in [-0.25, -0.2) is 4.39 Å². The van der Waals surface area contributed by atoms with Gasteiger partial charge in [0, 0.05) is 19.5 Å². The Hall–Kier alpha value is -2.09. The first-order valence-electron chi connectivity index (χ1n) is 7.17. The van der Waals surface area contributed by atoms with Crippen LogP contribution in [0.4, 0.5) is 4.39 Å². The molecule has 0 spiro atoms. The van der Waals surface area contributed by atoms with Gasteiger partial charge in [0.05, 0.1) is 0 Å². The molecule has 124 valence electrons. The average molecular weight is 338 g/mol. The third-order valence-corrected chi connectivity index (χ3v) is 4.54. The van der Waals surface area contributed by atoms with Gasteiger partial charge < -0.3 is 9.88 Å². The van der Waals surface area contributed by atoms with Gasteiger partial charge >= 0.3 is 0 Å². The van der Waals surface area contributed by atoms with E-state index in [2.05, 4.69) is 15.5 Å². The highest BCUT2D eigenvalue weighted by Crippen LogP contribution is 2.13. The molecule has 0 radical (unpaired) electrons. The molecule has 6 nitrogen and oxygen atoms in total. The zero-order valence-corrected chi connectivity index (χ0v) is 14.1. The van der Waals surface area contributed by atoms with Crippen molar-refractivity contribution in [2.75, 3.05) is 5.75 Å². The zero-order chi connectivity index (χ0) is 17.0. The van der Waals surface area contributed by atoms with E-state index in [0.29, 0.717) is 0 Å². The molecule has 1 aromatic heterocycles. The van der Waals surface area contributed by atoms with Crippen LogP contribution in [0.15, 0.2) is 29.4 Å². The van der Waals surface area contributed by atoms with Crippen LogP contribution in [0.2, 0.25) is 0 Å². The number of rotatable bonds is 6. The first kappa shape index (κ1) is 17.3. The van der Waals surface area contributed by atoms with E-state index in [1.165, 1.54) is 12.1 Å². The quantitative estimate of drug-likeness (QED) is 0.866. The third kappa shape index (κ3) is 4.44. The van der Waals surface area contributed by atoms with Crippen LogP contribution in [0.1, 0.15) is 31.2 Å². The summed E-state index contributed by atoms with van der Waals surface area (Å²) >= 11 is 0. The fourth-order valence-corrected chi connectivity index (χ4v) is 3.06. The van der Waals surface area contributed by atoms with Crippen molar-refractivity contribution in [2.24, 2.45) is 7.05 Å². The molecule has 0 unspecified atom stereocenters. The fourth-order valence-electron chi connectivity index (χ4n) is 2.06. The molecule has 0 fully saturated rings. The maximum Gasteiger partial charge on any atom is 0.233 e. The summed E-state index contributed by atoms with van der Waals surface area (Å²) in [6.45, 7) is 4.19. The maximum atomic E-state index is 12.8. The number of nitrogens with zero attached hydrogens (tertiary/aromatic N) is 3. The Balaban J connectivity index is 1.92. The molecule has 2 aromatic rings. The van der Waals surface area contributed by atoms with Crippen molar-refractivity contribution in [1.82, 2.24) is 20.1 Å². The molecule has 1 atom stereocenters. The van der Waals surface area contributed by atoms with Gasteiger partial charge in [-0.2, -0.15) is 0 Å². The van der Waals surface area contributed by atoms with Crippen molar-refractivity contribution in [1.29, 1.82) is 0 Å². The minimum Gasteiger partial charge on any atom is -0.351 e. The molecule has 1 N–H and O–H groups in total. The van der Waals surface area contributed by atoms with E-state index < -0.39 is 10.8 Å². The molecule has 0 aliphatic heterocycles. The van der Waals surface area contributed by atoms with E-state index in [0.717, 1.165) is 11.4 Å². The zero-order valence-electron chi connectivity index (χ0n) is 13.2. The van der Waals surface area contributed by atoms with Gasteiger partial charge in [-0.3, -0.25) is 9.00 Å². The minimum atomic E-state index is -1.57. The molecule has 1 heterocycles. The Morgan fingerprint density at radius 2 is 1.96 bits per heavy atom. The molecule has 2 rings (SSSR count). The first-order valence-corrected chi connectivity index (χ1v) is 8.49. The monoisotopic (exact) mass is 338 g/mol. The van der Waals surface area contributed by atoms with E-state index in [-0.39, 0.29) is 35.1 Å². The van der Waals surface area contributed by atoms with Crippen LogP contribution in [0.25, 0.3) is 0 Å². The Labute approximate surface area is 136 Å². The van der Waals surface area contributed by atoms with Gasteiger partial charge in [0.15, 0.2) is 0 Å². The van der Waals surface area contributed by atoms with E-state index >= 15 is 0 Å². The minimum absolute atomic E-state index is 0.158. The fraction of sp³-hybridized carbons (Fsp3) is 0.400. The molecule has 0 bridgehead atoms. The van der Waals surface area contributed by atoms with Gasteiger partial charge in [-0.15, -0.1) is 10.2 Å². The SMILES string of the molecule is CC(C)c1nnc([S@@](=O)CC(=O)NCc2ccc(F)cc2)n1C. The maximum absolute atomic E-state index is 12.8. The summed E-state index contributed by atoms with van der Waals surface area (Å²) in [6.07, 6.45) is 0. The van der Waals surface area contributed by atoms with Gasteiger partial charge in [-0.05, 0) is 17.7 Å². The number of hydrogen-bond donors (Lipinski definition) is 1. The largest absolute Gasteiger partial charge is 0.351 e. The highest BCUT2D eigenvalue weighted by Gasteiger charge is 2.19. The summed E-state index contributed by atoms with van der Waals surface area (Å²) in [4.78, 5) is 11.9. The van der Waals surface area contributed by atoms with Crippen LogP contribution >= 0.6 is 0 Å². The summed E-state index contributed by atoms with van der Waals surface area (Å²) in [5.41, 5.74) is 0.770. The van der Waals surface area contributed by atoms with Crippen LogP contribution in [0.5, 0.6) is 0 Å². The number of nitrogens with one attached hydrogen (secondary N) is 1. The molecular formula is C15H19FN4O2S. The Morgan fingerprint density at radius 3 is 2.52 bits per heavy atom. The van der Waals surface area contributed by atoms with Crippen LogP contribution in [-0.4, -0.2) is 30.6 Å². The molecule has 0 aliphatic carbocycles. The smallest absolute Gasteiger partial charge is 0.233 e. The van der Waals surface area contributed by atoms with E-state index in [4.69, 9.17) is 0 Å². The van der Waals surface area contributed by atoms with Crippen molar-refractivity contribution >= 4 is 16.7 Å². The Morgan fingerprint density at radius 1 is 1.30 bits per heavy atom. The lowest BCUT2D eigenvalue weighted by molar-refractivity contribution is -0.118. The number of halogens is 1. The van der Waals surface area contributed by atoms with Crippen LogP contribution in [0.3, 0.4) is 0 Å². The molecule has 0 saturated carbocycles. The van der Waals surface area contributed by atoms with Gasteiger partial charge in [0.25, 0.3) is 0 Å². The van der Waals surface area contributed by atoms with Gasteiger partial charge in [-0.1, -0.05) is 26.0 Å². The summed E-state index contributed by atoms with van der Waals surface area (Å²) in [7, 11) is 0.170. The van der Waals surface area contributed by atoms with E-state index in [1.807, 2.05) is 13.8 Å². The Bertz CT molecular complexity index is 713. The summed E-state index contributed by atoms with van der Waals surface area (Å²) in [5, 5.41) is 10.8. The molecular weight excluding hydrogens is 319 g/mol. The highest BCUT2D eigenvalue weighted by molar-refractivity contribution is 7.85. The molecule has 23 heavy (non-hydrogen) atoms. The second kappa shape index (κ2) is 7.45. The van der Waals surface area contributed by atoms with Gasteiger partial charge in [0.2, 0.25) is 11.1 Å². The van der Waals surface area contributed by atoms with E-state index in [1.54, 1.807) is 23.7 Å². The number of carbonyl (C=O) groups excluding carboxylic acids is 1. The molecule has 8 heteroatoms. The lowest BCUT2D eigenvalue weighted by Crippen LogP contribution is -2.28. The summed E-state index contributed by atoms with van der Waals surface area (Å²) in [5.74, 6) is 0.00226. The average Bonchev–Trinajstić information content (AvgIpc) is 2.88. The third-order valence-electron chi connectivity index (χ3n) is 3.25. The second-order valence-electron chi connectivity index (χ2n) is 5.45. The lowest BCUT2D eigenvalue weighted by Gasteiger charge is -2.07. The highest BCUT2D eigenvalue weighted by atomic mass is 32.2. The first-order chi connectivity index (χ1) is 10.9. The van der Waals surface area contributed by atoms with Crippen LogP contribution < -0.4 is 5.32 Å². The van der Waals surface area contributed by atoms with E-state index in [9.17, 15) is 13.4 Å². The van der Waals surface area contributed by atoms with Crippen molar-refractivity contribution in [2.45, 2.75) is 31.5 Å². The lowest BCUT2D eigenvalue weighted by atomic mass is 10.2. The van der Waals surface area contributed by atoms with Crippen molar-refractivity contribution in [3.8, 4) is 0 Å². The molecule has 1 amide bonds. The van der Waals surface area contributed by atoms with Crippen LogP contribution in [-0.2, 0) is 29.2 Å². The van der Waals surface area contributed by atoms with Crippen molar-refractivity contribution in [3.05, 3.63) is 41.5 Å². The predicted octanol–water partition coefficient (Wildman–Crippen LogP) is 1.50. The second-order valence-corrected chi connectivity index (χ2v) is 6.79. The number of benzene rings is 1. The van der Waals surface area contributed by atoms with Crippen LogP contribution in [0, 0.1) is 5.82 Å². The predicted molar refractivity (Wildman–Crippen MR) is 84.6 cm³/mol. The summed E-state index contributed by atoms with van der Waals surface area (Å²) < 4.78 is 26.7.